The smallest absolute Gasteiger partial charge is 0.237 e. The summed E-state index contributed by atoms with van der Waals surface area (Å²) in [4.78, 5) is 8.24. The monoisotopic (exact) mass is 264 g/mol. The van der Waals surface area contributed by atoms with Crippen LogP contribution in [0.25, 0.3) is 0 Å². The lowest BCUT2D eigenvalue weighted by molar-refractivity contribution is 0.397. The van der Waals surface area contributed by atoms with Gasteiger partial charge in [-0.3, -0.25) is 0 Å². The molecule has 2 N–H and O–H groups in total. The van der Waals surface area contributed by atoms with Crippen LogP contribution in [0.5, 0.6) is 5.88 Å². The largest absolute Gasteiger partial charge is 0.480 e. The van der Waals surface area contributed by atoms with Crippen molar-refractivity contribution in [3.8, 4) is 5.88 Å². The number of halogens is 2. The lowest BCUT2D eigenvalue weighted by Crippen LogP contribution is -2.23. The Kier molecular flexibility index (Phi) is 5.05. The van der Waals surface area contributed by atoms with Crippen molar-refractivity contribution in [2.75, 3.05) is 25.5 Å². The van der Waals surface area contributed by atoms with Crippen molar-refractivity contribution in [2.24, 2.45) is 0 Å². The molecule has 1 atom stereocenters. The van der Waals surface area contributed by atoms with E-state index in [-0.39, 0.29) is 12.4 Å². The number of hydrogen-bond acceptors (Lipinski definition) is 5. The van der Waals surface area contributed by atoms with E-state index in [1.165, 1.54) is 13.3 Å². The molecule has 2 rings (SSSR count). The van der Waals surface area contributed by atoms with Gasteiger partial charge in [0.1, 0.15) is 5.02 Å². The summed E-state index contributed by atoms with van der Waals surface area (Å²) in [6.07, 6.45) is 2.62. The van der Waals surface area contributed by atoms with E-state index in [1.807, 2.05) is 0 Å². The highest BCUT2D eigenvalue weighted by Crippen LogP contribution is 2.21. The Bertz CT molecular complexity index is 344. The number of rotatable bonds is 3. The van der Waals surface area contributed by atoms with Crippen LogP contribution in [0, 0.1) is 0 Å². The van der Waals surface area contributed by atoms with E-state index >= 15 is 0 Å². The van der Waals surface area contributed by atoms with Gasteiger partial charge in [-0.15, -0.1) is 12.4 Å². The molecule has 7 heteroatoms. The van der Waals surface area contributed by atoms with Gasteiger partial charge in [0.25, 0.3) is 0 Å². The van der Waals surface area contributed by atoms with Crippen LogP contribution < -0.4 is 15.4 Å². The highest BCUT2D eigenvalue weighted by molar-refractivity contribution is 6.31. The molecule has 0 bridgehead atoms. The molecule has 1 saturated heterocycles. The lowest BCUT2D eigenvalue weighted by Gasteiger charge is -2.11. The Balaban J connectivity index is 0.00000128. The van der Waals surface area contributed by atoms with Crippen LogP contribution in [0.1, 0.15) is 6.42 Å². The number of nitrogens with one attached hydrogen (secondary N) is 2. The summed E-state index contributed by atoms with van der Waals surface area (Å²) in [7, 11) is 1.54. The molecule has 16 heavy (non-hydrogen) atoms. The van der Waals surface area contributed by atoms with Gasteiger partial charge in [-0.1, -0.05) is 11.6 Å². The fraction of sp³-hybridized carbons (Fsp3) is 0.556. The van der Waals surface area contributed by atoms with E-state index in [0.29, 0.717) is 22.9 Å². The highest BCUT2D eigenvalue weighted by Gasteiger charge is 2.15. The molecule has 0 aliphatic carbocycles. The van der Waals surface area contributed by atoms with Crippen molar-refractivity contribution in [3.63, 3.8) is 0 Å². The minimum Gasteiger partial charge on any atom is -0.480 e. The second-order valence-electron chi connectivity index (χ2n) is 3.38. The molecular formula is C9H14Cl2N4O. The van der Waals surface area contributed by atoms with Crippen LogP contribution in [0.4, 0.5) is 5.95 Å². The molecule has 1 aliphatic rings. The summed E-state index contributed by atoms with van der Waals surface area (Å²) in [6.45, 7) is 1.97. The Hall–Kier alpha value is -0.780. The standard InChI is InChI=1S/C9H13ClN4O.ClH/c1-15-8-7(10)5-12-9(14-8)13-6-2-3-11-4-6;/h5-6,11H,2-4H2,1H3,(H,12,13,14);1H. The number of ether oxygens (including phenoxy) is 1. The molecular weight excluding hydrogens is 251 g/mol. The molecule has 2 heterocycles. The fourth-order valence-electron chi connectivity index (χ4n) is 1.52. The van der Waals surface area contributed by atoms with Crippen LogP contribution in [0.2, 0.25) is 5.02 Å². The molecule has 5 nitrogen and oxygen atoms in total. The van der Waals surface area contributed by atoms with E-state index in [1.54, 1.807) is 0 Å². The third-order valence-corrected chi connectivity index (χ3v) is 2.56. The topological polar surface area (TPSA) is 59.1 Å². The molecule has 1 fully saturated rings. The van der Waals surface area contributed by atoms with Crippen molar-refractivity contribution in [1.82, 2.24) is 15.3 Å². The predicted molar refractivity (Wildman–Crippen MR) is 65.7 cm³/mol. The second-order valence-corrected chi connectivity index (χ2v) is 3.79. The van der Waals surface area contributed by atoms with Gasteiger partial charge in [0.15, 0.2) is 0 Å². The van der Waals surface area contributed by atoms with Crippen molar-refractivity contribution in [2.45, 2.75) is 12.5 Å². The van der Waals surface area contributed by atoms with Crippen LogP contribution >= 0.6 is 24.0 Å². The van der Waals surface area contributed by atoms with Crippen LogP contribution in [-0.2, 0) is 0 Å². The van der Waals surface area contributed by atoms with Crippen molar-refractivity contribution in [3.05, 3.63) is 11.2 Å². The SMILES string of the molecule is COc1nc(NC2CCNC2)ncc1Cl.Cl. The first-order valence-electron chi connectivity index (χ1n) is 4.83. The van der Waals surface area contributed by atoms with Gasteiger partial charge >= 0.3 is 0 Å². The van der Waals surface area contributed by atoms with Crippen LogP contribution in [0.15, 0.2) is 6.20 Å². The van der Waals surface area contributed by atoms with E-state index in [2.05, 4.69) is 20.6 Å². The summed E-state index contributed by atoms with van der Waals surface area (Å²) < 4.78 is 5.01. The average molecular weight is 265 g/mol. The maximum atomic E-state index is 5.82. The second kappa shape index (κ2) is 6.08. The zero-order valence-corrected chi connectivity index (χ0v) is 10.4. The first kappa shape index (κ1) is 13.3. The summed E-state index contributed by atoms with van der Waals surface area (Å²) in [5.74, 6) is 0.963. The predicted octanol–water partition coefficient (Wildman–Crippen LogP) is 1.33. The van der Waals surface area contributed by atoms with Crippen molar-refractivity contribution >= 4 is 30.0 Å². The Labute approximate surface area is 105 Å². The summed E-state index contributed by atoms with van der Waals surface area (Å²) in [5, 5.41) is 6.90. The summed E-state index contributed by atoms with van der Waals surface area (Å²) in [5.41, 5.74) is 0. The lowest BCUT2D eigenvalue weighted by atomic mass is 10.3. The molecule has 0 spiro atoms. The zero-order valence-electron chi connectivity index (χ0n) is 8.86. The third kappa shape index (κ3) is 3.10. The van der Waals surface area contributed by atoms with E-state index in [4.69, 9.17) is 16.3 Å². The Morgan fingerprint density at radius 2 is 2.44 bits per heavy atom. The zero-order chi connectivity index (χ0) is 10.7. The maximum absolute atomic E-state index is 5.82. The molecule has 1 aromatic rings. The van der Waals surface area contributed by atoms with Gasteiger partial charge in [-0.2, -0.15) is 4.98 Å². The van der Waals surface area contributed by atoms with Gasteiger partial charge in [0.2, 0.25) is 11.8 Å². The highest BCUT2D eigenvalue weighted by atomic mass is 35.5. The Morgan fingerprint density at radius 3 is 3.06 bits per heavy atom. The third-order valence-electron chi connectivity index (χ3n) is 2.30. The first-order valence-corrected chi connectivity index (χ1v) is 5.21. The normalized spacial score (nSPS) is 19.0. The minimum absolute atomic E-state index is 0. The summed E-state index contributed by atoms with van der Waals surface area (Å²) >= 11 is 5.82. The number of aromatic nitrogens is 2. The molecule has 90 valence electrons. The number of hydrogen-bond donors (Lipinski definition) is 2. The van der Waals surface area contributed by atoms with E-state index < -0.39 is 0 Å². The number of anilines is 1. The molecule has 1 aromatic heterocycles. The quantitative estimate of drug-likeness (QED) is 0.863. The molecule has 0 radical (unpaired) electrons. The molecule has 0 saturated carbocycles. The molecule has 0 amide bonds. The molecule has 1 aliphatic heterocycles. The van der Waals surface area contributed by atoms with Gasteiger partial charge in [-0.05, 0) is 13.0 Å². The van der Waals surface area contributed by atoms with Crippen LogP contribution in [0.3, 0.4) is 0 Å². The van der Waals surface area contributed by atoms with Gasteiger partial charge in [-0.25, -0.2) is 4.98 Å². The molecule has 1 unspecified atom stereocenters. The fourth-order valence-corrected chi connectivity index (χ4v) is 1.69. The Morgan fingerprint density at radius 1 is 1.62 bits per heavy atom. The number of nitrogens with zero attached hydrogens (tertiary/aromatic N) is 2. The minimum atomic E-state index is 0. The van der Waals surface area contributed by atoms with E-state index in [9.17, 15) is 0 Å². The van der Waals surface area contributed by atoms with Crippen LogP contribution in [-0.4, -0.2) is 36.2 Å². The number of methoxy groups -OCH3 is 1. The maximum Gasteiger partial charge on any atom is 0.237 e. The van der Waals surface area contributed by atoms with Crippen molar-refractivity contribution in [1.29, 1.82) is 0 Å². The van der Waals surface area contributed by atoms with Crippen molar-refractivity contribution < 1.29 is 4.74 Å². The van der Waals surface area contributed by atoms with Gasteiger partial charge in [0.05, 0.1) is 13.3 Å². The van der Waals surface area contributed by atoms with Gasteiger partial charge < -0.3 is 15.4 Å². The summed E-state index contributed by atoms with van der Waals surface area (Å²) in [6, 6.07) is 0.385. The average Bonchev–Trinajstić information content (AvgIpc) is 2.73. The van der Waals surface area contributed by atoms with E-state index in [0.717, 1.165) is 19.5 Å². The first-order chi connectivity index (χ1) is 7.29. The molecule has 0 aromatic carbocycles. The van der Waals surface area contributed by atoms with Gasteiger partial charge in [0, 0.05) is 12.6 Å².